The van der Waals surface area contributed by atoms with Gasteiger partial charge in [-0.05, 0) is 68.8 Å². The van der Waals surface area contributed by atoms with Crippen molar-refractivity contribution in [2.45, 2.75) is 20.8 Å². The van der Waals surface area contributed by atoms with E-state index in [2.05, 4.69) is 84.1 Å². The lowest BCUT2D eigenvalue weighted by molar-refractivity contribution is 0.749. The minimum Gasteiger partial charge on any atom is -0.397 e. The third-order valence-electron chi connectivity index (χ3n) is 5.67. The lowest BCUT2D eigenvalue weighted by atomic mass is 10.0. The third kappa shape index (κ3) is 6.33. The van der Waals surface area contributed by atoms with E-state index in [-0.39, 0.29) is 0 Å². The number of aromatic nitrogens is 2. The maximum Gasteiger partial charge on any atom is 0.154 e. The highest BCUT2D eigenvalue weighted by Crippen LogP contribution is 2.23. The van der Waals surface area contributed by atoms with Crippen molar-refractivity contribution in [1.29, 1.82) is 0 Å². The van der Waals surface area contributed by atoms with Crippen LogP contribution < -0.4 is 21.7 Å². The quantitative estimate of drug-likeness (QED) is 0.261. The van der Waals surface area contributed by atoms with E-state index in [1.807, 2.05) is 25.2 Å². The molecule has 176 valence electrons. The molecule has 0 bridgehead atoms. The Morgan fingerprint density at radius 1 is 0.971 bits per heavy atom. The molecule has 3 rings (SSSR count). The summed E-state index contributed by atoms with van der Waals surface area (Å²) in [5.41, 5.74) is 15.7. The van der Waals surface area contributed by atoms with Gasteiger partial charge in [0.25, 0.3) is 0 Å². The molecule has 0 aliphatic heterocycles. The van der Waals surface area contributed by atoms with Gasteiger partial charge in [0.15, 0.2) is 5.82 Å². The van der Waals surface area contributed by atoms with E-state index in [1.165, 1.54) is 11.1 Å². The largest absolute Gasteiger partial charge is 0.397 e. The van der Waals surface area contributed by atoms with Crippen LogP contribution in [-0.2, 0) is 0 Å². The number of likely N-dealkylation sites (N-methyl/N-ethyl adjacent to an activating group) is 1. The summed E-state index contributed by atoms with van der Waals surface area (Å²) in [4.78, 5) is 9.01. The highest BCUT2D eigenvalue weighted by Gasteiger charge is 2.07. The van der Waals surface area contributed by atoms with Crippen LogP contribution >= 0.6 is 0 Å². The first-order valence-electron chi connectivity index (χ1n) is 11.3. The van der Waals surface area contributed by atoms with Gasteiger partial charge in [-0.3, -0.25) is 0 Å². The first-order chi connectivity index (χ1) is 16.3. The molecular weight excluding hydrogens is 420 g/mol. The Labute approximate surface area is 202 Å². The summed E-state index contributed by atoms with van der Waals surface area (Å²) in [7, 11) is 1.93. The number of hydrogen-bond acceptors (Lipinski definition) is 6. The Morgan fingerprint density at radius 2 is 1.76 bits per heavy atom. The lowest BCUT2D eigenvalue weighted by Crippen LogP contribution is -2.23. The lowest BCUT2D eigenvalue weighted by Gasteiger charge is -2.15. The summed E-state index contributed by atoms with van der Waals surface area (Å²) >= 11 is 0. The van der Waals surface area contributed by atoms with Crippen LogP contribution in [0.15, 0.2) is 73.2 Å². The number of nitrogens with two attached hydrogens (primary N) is 1. The molecule has 0 aliphatic carbocycles. The van der Waals surface area contributed by atoms with E-state index in [4.69, 9.17) is 5.73 Å². The molecule has 0 amide bonds. The molecule has 0 unspecified atom stereocenters. The van der Waals surface area contributed by atoms with E-state index in [0.717, 1.165) is 46.9 Å². The number of benzene rings is 2. The summed E-state index contributed by atoms with van der Waals surface area (Å²) in [6.07, 6.45) is 3.47. The van der Waals surface area contributed by atoms with E-state index in [9.17, 15) is 0 Å². The van der Waals surface area contributed by atoms with E-state index < -0.39 is 0 Å². The Kier molecular flexibility index (Phi) is 8.22. The van der Waals surface area contributed by atoms with Gasteiger partial charge in [-0.25, -0.2) is 9.97 Å². The first kappa shape index (κ1) is 24.7. The van der Waals surface area contributed by atoms with Crippen molar-refractivity contribution < 1.29 is 0 Å². The zero-order valence-electron chi connectivity index (χ0n) is 20.5. The Hall–Kier alpha value is -3.90. The Bertz CT molecular complexity index is 1230. The predicted octanol–water partition coefficient (Wildman–Crippen LogP) is 4.77. The Morgan fingerprint density at radius 3 is 2.47 bits per heavy atom. The molecule has 0 saturated carbocycles. The van der Waals surface area contributed by atoms with E-state index >= 15 is 0 Å². The fourth-order valence-corrected chi connectivity index (χ4v) is 3.49. The van der Waals surface area contributed by atoms with Gasteiger partial charge in [-0.2, -0.15) is 0 Å². The van der Waals surface area contributed by atoms with Crippen LogP contribution in [0.2, 0.25) is 0 Å². The van der Waals surface area contributed by atoms with Crippen molar-refractivity contribution in [3.8, 4) is 11.3 Å². The molecule has 5 N–H and O–H groups in total. The molecule has 0 saturated heterocycles. The van der Waals surface area contributed by atoms with Gasteiger partial charge in [0.2, 0.25) is 0 Å². The van der Waals surface area contributed by atoms with Crippen molar-refractivity contribution in [3.63, 3.8) is 0 Å². The molecule has 2 aromatic carbocycles. The van der Waals surface area contributed by atoms with Crippen molar-refractivity contribution in [2.24, 2.45) is 5.73 Å². The number of nitrogens with one attached hydrogen (secondary N) is 3. The summed E-state index contributed by atoms with van der Waals surface area (Å²) in [6, 6.07) is 14.3. The number of aryl methyl sites for hydroxylation is 3. The zero-order chi connectivity index (χ0) is 24.7. The summed E-state index contributed by atoms with van der Waals surface area (Å²) < 4.78 is 0. The molecule has 1 heterocycles. The minimum atomic E-state index is 0.470. The monoisotopic (exact) mass is 454 g/mol. The van der Waals surface area contributed by atoms with Gasteiger partial charge in [0.05, 0.1) is 17.1 Å². The molecule has 6 heteroatoms. The fourth-order valence-electron chi connectivity index (χ4n) is 3.49. The molecule has 3 aromatic rings. The van der Waals surface area contributed by atoms with Crippen LogP contribution in [0.3, 0.4) is 0 Å². The first-order valence-corrected chi connectivity index (χ1v) is 11.3. The van der Waals surface area contributed by atoms with Crippen LogP contribution in [0.4, 0.5) is 5.69 Å². The molecular formula is C28H34N6. The number of anilines is 1. The van der Waals surface area contributed by atoms with E-state index in [0.29, 0.717) is 17.2 Å². The third-order valence-corrected chi connectivity index (χ3v) is 5.67. The summed E-state index contributed by atoms with van der Waals surface area (Å²) in [6.45, 7) is 16.2. The van der Waals surface area contributed by atoms with Crippen LogP contribution in [0.5, 0.6) is 0 Å². The van der Waals surface area contributed by atoms with Gasteiger partial charge in [0, 0.05) is 47.9 Å². The van der Waals surface area contributed by atoms with Crippen molar-refractivity contribution in [2.75, 3.05) is 25.5 Å². The molecule has 0 spiro atoms. The SMILES string of the molecule is C=C(Nc1ccc(C(=C)NCCNC)c(C)c1)C(N)=Cc1nccc(-c2ccc(C)c(C)c2)n1. The normalized spacial score (nSPS) is 11.2. The van der Waals surface area contributed by atoms with Gasteiger partial charge in [-0.1, -0.05) is 31.4 Å². The number of rotatable bonds is 10. The van der Waals surface area contributed by atoms with Gasteiger partial charge >= 0.3 is 0 Å². The second-order valence-electron chi connectivity index (χ2n) is 8.34. The topological polar surface area (TPSA) is 87.9 Å². The van der Waals surface area contributed by atoms with Gasteiger partial charge in [0.1, 0.15) is 0 Å². The minimum absolute atomic E-state index is 0.470. The van der Waals surface area contributed by atoms with Gasteiger partial charge < -0.3 is 21.7 Å². The van der Waals surface area contributed by atoms with Crippen molar-refractivity contribution in [1.82, 2.24) is 20.6 Å². The number of nitrogens with zero attached hydrogens (tertiary/aromatic N) is 2. The maximum atomic E-state index is 6.30. The molecule has 1 aromatic heterocycles. The smallest absolute Gasteiger partial charge is 0.154 e. The second kappa shape index (κ2) is 11.3. The molecule has 0 fully saturated rings. The highest BCUT2D eigenvalue weighted by molar-refractivity contribution is 5.69. The number of hydrogen-bond donors (Lipinski definition) is 4. The summed E-state index contributed by atoms with van der Waals surface area (Å²) in [5, 5.41) is 9.72. The average molecular weight is 455 g/mol. The van der Waals surface area contributed by atoms with Gasteiger partial charge in [-0.15, -0.1) is 0 Å². The fraction of sp³-hybridized carbons (Fsp3) is 0.214. The highest BCUT2D eigenvalue weighted by atomic mass is 14.9. The zero-order valence-corrected chi connectivity index (χ0v) is 20.5. The molecule has 0 atom stereocenters. The molecule has 0 radical (unpaired) electrons. The van der Waals surface area contributed by atoms with Crippen LogP contribution in [0.1, 0.15) is 28.1 Å². The Balaban J connectivity index is 1.71. The summed E-state index contributed by atoms with van der Waals surface area (Å²) in [5.74, 6) is 0.534. The van der Waals surface area contributed by atoms with Crippen molar-refractivity contribution >= 4 is 17.5 Å². The van der Waals surface area contributed by atoms with E-state index in [1.54, 1.807) is 12.3 Å². The van der Waals surface area contributed by atoms with Crippen LogP contribution in [-0.4, -0.2) is 30.1 Å². The standard InChI is InChI=1S/C28H34N6/c1-18-7-8-23(15-19(18)2)27-11-12-32-28(34-27)17-26(29)22(5)33-24-9-10-25(20(3)16-24)21(4)31-14-13-30-6/h7-12,15-17,30-31,33H,4-5,13-14,29H2,1-3,6H3. The van der Waals surface area contributed by atoms with Crippen LogP contribution in [0.25, 0.3) is 23.0 Å². The van der Waals surface area contributed by atoms with Crippen molar-refractivity contribution in [3.05, 3.63) is 101 Å². The molecule has 0 aliphatic rings. The maximum absolute atomic E-state index is 6.30. The average Bonchev–Trinajstić information content (AvgIpc) is 2.81. The second-order valence-corrected chi connectivity index (χ2v) is 8.34. The van der Waals surface area contributed by atoms with Crippen LogP contribution in [0, 0.1) is 20.8 Å². The predicted molar refractivity (Wildman–Crippen MR) is 144 cm³/mol. The molecule has 6 nitrogen and oxygen atoms in total. The molecule has 34 heavy (non-hydrogen) atoms.